The van der Waals surface area contributed by atoms with E-state index in [0.717, 1.165) is 39.0 Å². The lowest BCUT2D eigenvalue weighted by atomic mass is 9.82. The Morgan fingerprint density at radius 2 is 1.18 bits per heavy atom. The van der Waals surface area contributed by atoms with Crippen molar-refractivity contribution < 1.29 is 11.0 Å². The van der Waals surface area contributed by atoms with E-state index >= 15 is 0 Å². The van der Waals surface area contributed by atoms with Crippen LogP contribution in [0.5, 0.6) is 0 Å². The quantitative estimate of drug-likeness (QED) is 0.165. The molecule has 270 valence electrons. The fourth-order valence-corrected chi connectivity index (χ4v) is 8.95. The lowest BCUT2D eigenvalue weighted by molar-refractivity contribution is 0.660. The summed E-state index contributed by atoms with van der Waals surface area (Å²) in [6.45, 7) is 4.54. The molecule has 1 aromatic heterocycles. The van der Waals surface area contributed by atoms with Crippen LogP contribution >= 0.6 is 0 Å². The summed E-state index contributed by atoms with van der Waals surface area (Å²) < 4.78 is 73.7. The molecule has 9 aromatic carbocycles. The molecule has 0 fully saturated rings. The van der Waals surface area contributed by atoms with Crippen molar-refractivity contribution in [3.05, 3.63) is 217 Å². The van der Waals surface area contributed by atoms with Crippen LogP contribution in [0.4, 0.5) is 17.1 Å². The predicted octanol–water partition coefficient (Wildman–Crippen LogP) is 15.0. The third kappa shape index (κ3) is 5.25. The molecule has 10 aromatic rings. The molecule has 2 heteroatoms. The average molecular weight is 737 g/mol. The lowest BCUT2D eigenvalue weighted by Crippen LogP contribution is -2.16. The lowest BCUT2D eigenvalue weighted by Gasteiger charge is -2.28. The summed E-state index contributed by atoms with van der Waals surface area (Å²) in [6.07, 6.45) is 0. The van der Waals surface area contributed by atoms with E-state index in [1.807, 2.05) is 71.3 Å². The van der Waals surface area contributed by atoms with E-state index in [0.29, 0.717) is 27.5 Å². The van der Waals surface area contributed by atoms with Crippen LogP contribution in [0, 0.1) is 0 Å². The number of benzene rings is 9. The molecule has 0 saturated heterocycles. The summed E-state index contributed by atoms with van der Waals surface area (Å²) in [6, 6.07) is 50.3. The Bertz CT molecular complexity index is 3590. The van der Waals surface area contributed by atoms with Crippen LogP contribution in [0.2, 0.25) is 0 Å². The third-order valence-electron chi connectivity index (χ3n) is 11.6. The van der Waals surface area contributed by atoms with E-state index in [9.17, 15) is 4.11 Å². The van der Waals surface area contributed by atoms with E-state index in [-0.39, 0.29) is 28.6 Å². The number of hydrogen-bond donors (Lipinski definition) is 0. The molecule has 0 N–H and O–H groups in total. The molecule has 11 rings (SSSR count). The predicted molar refractivity (Wildman–Crippen MR) is 241 cm³/mol. The second-order valence-electron chi connectivity index (χ2n) is 15.2. The Balaban J connectivity index is 1.19. The molecular weight excluding hydrogens is 689 g/mol. The molecule has 0 atom stereocenters. The van der Waals surface area contributed by atoms with Crippen molar-refractivity contribution in [1.29, 1.82) is 0 Å². The highest BCUT2D eigenvalue weighted by atomic mass is 15.1. The van der Waals surface area contributed by atoms with Crippen molar-refractivity contribution in [1.82, 2.24) is 4.57 Å². The Morgan fingerprint density at radius 3 is 2.04 bits per heavy atom. The number of nitrogens with zero attached hydrogens (tertiary/aromatic N) is 2. The van der Waals surface area contributed by atoms with Crippen molar-refractivity contribution in [3.8, 4) is 39.1 Å². The van der Waals surface area contributed by atoms with Gasteiger partial charge < -0.3 is 9.47 Å². The number of hydrogen-bond acceptors (Lipinski definition) is 1. The SMILES string of the molecule is [2H]c1c([2H])c([2H])c(-c2c([2H])c([2H])c([2H])c3c2c2c4ccccc4ccc2n3-c2cccc(N(c3ccc(-c4ccccc4)cc3)c3ccc4c(c3)C(C)(C)c3ccccc3-4)c2)c([2H])c1[2H]. The first-order chi connectivity index (χ1) is 31.4. The second kappa shape index (κ2) is 13.0. The first kappa shape index (κ1) is 25.8. The van der Waals surface area contributed by atoms with Crippen molar-refractivity contribution in [2.75, 3.05) is 4.90 Å². The maximum Gasteiger partial charge on any atom is 0.0645 e. The van der Waals surface area contributed by atoms with Gasteiger partial charge in [-0.15, -0.1) is 0 Å². The van der Waals surface area contributed by atoms with Gasteiger partial charge in [0.1, 0.15) is 0 Å². The zero-order valence-corrected chi connectivity index (χ0v) is 31.4. The molecule has 1 aliphatic rings. The van der Waals surface area contributed by atoms with Gasteiger partial charge in [0.25, 0.3) is 0 Å². The maximum absolute atomic E-state index is 9.57. The highest BCUT2D eigenvalue weighted by molar-refractivity contribution is 6.25. The monoisotopic (exact) mass is 736 g/mol. The largest absolute Gasteiger partial charge is 0.310 e. The molecule has 0 saturated carbocycles. The molecule has 0 aliphatic heterocycles. The first-order valence-electron chi connectivity index (χ1n) is 23.2. The van der Waals surface area contributed by atoms with Crippen LogP contribution in [0.25, 0.3) is 71.6 Å². The van der Waals surface area contributed by atoms with Gasteiger partial charge in [0.15, 0.2) is 0 Å². The third-order valence-corrected chi connectivity index (χ3v) is 11.6. The van der Waals surface area contributed by atoms with Gasteiger partial charge in [-0.2, -0.15) is 0 Å². The van der Waals surface area contributed by atoms with E-state index in [1.165, 1.54) is 22.3 Å². The van der Waals surface area contributed by atoms with Crippen LogP contribution in [0.1, 0.15) is 35.9 Å². The van der Waals surface area contributed by atoms with Gasteiger partial charge in [-0.1, -0.05) is 165 Å². The zero-order chi connectivity index (χ0) is 45.1. The Kier molecular flexibility index (Phi) is 5.88. The molecule has 0 bridgehead atoms. The van der Waals surface area contributed by atoms with E-state index in [4.69, 9.17) is 6.85 Å². The fourth-order valence-electron chi connectivity index (χ4n) is 8.95. The summed E-state index contributed by atoms with van der Waals surface area (Å²) in [7, 11) is 0. The van der Waals surface area contributed by atoms with E-state index < -0.39 is 36.3 Å². The van der Waals surface area contributed by atoms with Gasteiger partial charge in [-0.05, 0) is 110 Å². The van der Waals surface area contributed by atoms with E-state index in [1.54, 1.807) is 0 Å². The summed E-state index contributed by atoms with van der Waals surface area (Å²) in [4.78, 5) is 2.23. The molecule has 1 aliphatic carbocycles. The summed E-state index contributed by atoms with van der Waals surface area (Å²) in [5, 5.41) is 2.72. The zero-order valence-electron chi connectivity index (χ0n) is 39.4. The Labute approximate surface area is 344 Å². The first-order valence-corrected chi connectivity index (χ1v) is 19.2. The molecular formula is C55H40N2. The summed E-state index contributed by atoms with van der Waals surface area (Å²) in [5.74, 6) is 0. The van der Waals surface area contributed by atoms with Crippen molar-refractivity contribution in [3.63, 3.8) is 0 Å². The van der Waals surface area contributed by atoms with Crippen molar-refractivity contribution in [2.45, 2.75) is 19.3 Å². The molecule has 0 unspecified atom stereocenters. The topological polar surface area (TPSA) is 8.17 Å². The maximum atomic E-state index is 9.57. The standard InChI is InChI=1S/C55H40N2/c1-55(2)49-25-12-11-23-47(49)48-33-32-44(36-50(48)55)56(41-30-27-38(28-31-41)37-15-5-3-6-16-37)42-20-13-21-43(35-42)57-51-26-14-24-46(39-17-7-4-8-18-39)53(51)54-45-22-10-9-19-40(45)29-34-52(54)57/h3-36H,1-2H3/i4D,7D,8D,14D,17D,18D,24D,26D. The Hall–Kier alpha value is -7.16. The minimum Gasteiger partial charge on any atom is -0.310 e. The summed E-state index contributed by atoms with van der Waals surface area (Å²) in [5.41, 5.74) is 11.1. The van der Waals surface area contributed by atoms with Crippen LogP contribution in [-0.4, -0.2) is 4.57 Å². The van der Waals surface area contributed by atoms with Gasteiger partial charge in [0.2, 0.25) is 0 Å². The molecule has 0 amide bonds. The van der Waals surface area contributed by atoms with Gasteiger partial charge in [-0.3, -0.25) is 0 Å². The van der Waals surface area contributed by atoms with Crippen molar-refractivity contribution in [2.24, 2.45) is 0 Å². The minimum atomic E-state index is -0.546. The molecule has 2 nitrogen and oxygen atoms in total. The van der Waals surface area contributed by atoms with Gasteiger partial charge in [0.05, 0.1) is 22.0 Å². The normalized spacial score (nSPS) is 14.8. The van der Waals surface area contributed by atoms with Gasteiger partial charge >= 0.3 is 0 Å². The van der Waals surface area contributed by atoms with Crippen LogP contribution in [0.3, 0.4) is 0 Å². The number of aromatic nitrogens is 1. The molecule has 0 spiro atoms. The van der Waals surface area contributed by atoms with Gasteiger partial charge in [0, 0.05) is 38.9 Å². The average Bonchev–Trinajstić information content (AvgIpc) is 3.80. The number of anilines is 3. The van der Waals surface area contributed by atoms with Gasteiger partial charge in [-0.25, -0.2) is 0 Å². The van der Waals surface area contributed by atoms with Crippen LogP contribution in [0.15, 0.2) is 206 Å². The Morgan fingerprint density at radius 1 is 0.456 bits per heavy atom. The van der Waals surface area contributed by atoms with Crippen LogP contribution < -0.4 is 4.90 Å². The number of fused-ring (bicyclic) bond motifs is 8. The fraction of sp³-hybridized carbons (Fsp3) is 0.0545. The second-order valence-corrected chi connectivity index (χ2v) is 15.2. The smallest absolute Gasteiger partial charge is 0.0645 e. The highest BCUT2D eigenvalue weighted by Gasteiger charge is 2.35. The van der Waals surface area contributed by atoms with E-state index in [2.05, 4.69) is 110 Å². The highest BCUT2D eigenvalue weighted by Crippen LogP contribution is 2.51. The van der Waals surface area contributed by atoms with Crippen LogP contribution in [-0.2, 0) is 5.41 Å². The number of rotatable bonds is 6. The molecule has 0 radical (unpaired) electrons. The summed E-state index contributed by atoms with van der Waals surface area (Å²) >= 11 is 0. The van der Waals surface area contributed by atoms with Crippen molar-refractivity contribution >= 4 is 49.6 Å². The minimum absolute atomic E-state index is 0.0242. The molecule has 1 heterocycles. The molecule has 57 heavy (non-hydrogen) atoms.